The van der Waals surface area contributed by atoms with Crippen LogP contribution in [0.2, 0.25) is 0 Å². The van der Waals surface area contributed by atoms with Crippen molar-refractivity contribution in [3.8, 4) is 5.75 Å². The number of ether oxygens (including phenoxy) is 1. The summed E-state index contributed by atoms with van der Waals surface area (Å²) in [6.07, 6.45) is 4.77. The van der Waals surface area contributed by atoms with Crippen LogP contribution in [0, 0.1) is 0 Å². The Bertz CT molecular complexity index is 355. The number of piperidine rings is 1. The van der Waals surface area contributed by atoms with Gasteiger partial charge in [0, 0.05) is 6.54 Å². The summed E-state index contributed by atoms with van der Waals surface area (Å²) in [5.74, 6) is 1.10. The lowest BCUT2D eigenvalue weighted by Crippen LogP contribution is -2.51. The van der Waals surface area contributed by atoms with Crippen LogP contribution in [-0.2, 0) is 6.42 Å². The number of nitrogens with one attached hydrogen (secondary N) is 1. The molecule has 2 heteroatoms. The Morgan fingerprint density at radius 2 is 2.13 bits per heavy atom. The largest absolute Gasteiger partial charge is 0.486 e. The number of fused-ring (bicyclic) bond motifs is 1. The predicted octanol–water partition coefficient (Wildman–Crippen LogP) is 2.13. The number of rotatable bonds is 0. The molecule has 2 aliphatic rings. The summed E-state index contributed by atoms with van der Waals surface area (Å²) in [5, 5.41) is 3.45. The molecule has 1 aromatic rings. The number of hydrogen-bond acceptors (Lipinski definition) is 2. The number of hydrogen-bond donors (Lipinski definition) is 1. The van der Waals surface area contributed by atoms with E-state index in [1.807, 2.05) is 0 Å². The molecule has 1 aromatic carbocycles. The quantitative estimate of drug-likeness (QED) is 0.697. The first-order valence-corrected chi connectivity index (χ1v) is 5.86. The van der Waals surface area contributed by atoms with E-state index in [1.165, 1.54) is 18.4 Å². The van der Waals surface area contributed by atoms with E-state index >= 15 is 0 Å². The minimum atomic E-state index is 0.0899. The van der Waals surface area contributed by atoms with Gasteiger partial charge in [-0.1, -0.05) is 18.2 Å². The van der Waals surface area contributed by atoms with Gasteiger partial charge in [-0.3, -0.25) is 0 Å². The van der Waals surface area contributed by atoms with Gasteiger partial charge in [-0.05, 0) is 43.9 Å². The molecule has 3 rings (SSSR count). The smallest absolute Gasteiger partial charge is 0.123 e. The van der Waals surface area contributed by atoms with Gasteiger partial charge in [0.1, 0.15) is 11.4 Å². The molecule has 15 heavy (non-hydrogen) atoms. The zero-order valence-electron chi connectivity index (χ0n) is 8.96. The fraction of sp³-hybridized carbons (Fsp3) is 0.538. The van der Waals surface area contributed by atoms with Gasteiger partial charge in [-0.15, -0.1) is 0 Å². The summed E-state index contributed by atoms with van der Waals surface area (Å²) in [5.41, 5.74) is 1.46. The molecule has 1 N–H and O–H groups in total. The molecule has 1 saturated heterocycles. The minimum Gasteiger partial charge on any atom is -0.486 e. The van der Waals surface area contributed by atoms with Crippen molar-refractivity contribution in [3.05, 3.63) is 29.8 Å². The Balaban J connectivity index is 1.87. The molecule has 2 heterocycles. The lowest BCUT2D eigenvalue weighted by molar-refractivity contribution is 0.0228. The second-order valence-corrected chi connectivity index (χ2v) is 4.67. The van der Waals surface area contributed by atoms with Gasteiger partial charge in [0.15, 0.2) is 0 Å². The maximum atomic E-state index is 6.20. The maximum absolute atomic E-state index is 6.20. The summed E-state index contributed by atoms with van der Waals surface area (Å²) >= 11 is 0. The molecule has 0 bridgehead atoms. The van der Waals surface area contributed by atoms with Crippen molar-refractivity contribution in [2.45, 2.75) is 31.3 Å². The van der Waals surface area contributed by atoms with Crippen LogP contribution in [0.15, 0.2) is 24.3 Å². The molecule has 2 nitrogen and oxygen atoms in total. The Hall–Kier alpha value is -1.02. The highest BCUT2D eigenvalue weighted by Gasteiger charge is 2.37. The SMILES string of the molecule is c1ccc2c(c1)CC[C@@]1(CCCNC1)O2. The molecule has 0 unspecified atom stereocenters. The second kappa shape index (κ2) is 3.53. The van der Waals surface area contributed by atoms with Crippen molar-refractivity contribution < 1.29 is 4.74 Å². The third-order valence-corrected chi connectivity index (χ3v) is 3.58. The van der Waals surface area contributed by atoms with Crippen LogP contribution in [0.3, 0.4) is 0 Å². The topological polar surface area (TPSA) is 21.3 Å². The molecule has 0 saturated carbocycles. The number of para-hydroxylation sites is 1. The highest BCUT2D eigenvalue weighted by atomic mass is 16.5. The lowest BCUT2D eigenvalue weighted by atomic mass is 9.85. The van der Waals surface area contributed by atoms with Crippen molar-refractivity contribution in [2.75, 3.05) is 13.1 Å². The summed E-state index contributed by atoms with van der Waals surface area (Å²) in [6.45, 7) is 2.16. The Morgan fingerprint density at radius 3 is 3.00 bits per heavy atom. The predicted molar refractivity (Wildman–Crippen MR) is 60.2 cm³/mol. The van der Waals surface area contributed by atoms with Gasteiger partial charge in [0.25, 0.3) is 0 Å². The first-order chi connectivity index (χ1) is 7.38. The van der Waals surface area contributed by atoms with Crippen molar-refractivity contribution in [3.63, 3.8) is 0 Å². The van der Waals surface area contributed by atoms with E-state index in [0.717, 1.165) is 31.7 Å². The van der Waals surface area contributed by atoms with E-state index < -0.39 is 0 Å². The fourth-order valence-corrected chi connectivity index (χ4v) is 2.70. The van der Waals surface area contributed by atoms with Crippen molar-refractivity contribution in [2.24, 2.45) is 0 Å². The zero-order chi connectivity index (χ0) is 10.1. The highest BCUT2D eigenvalue weighted by Crippen LogP contribution is 2.36. The first-order valence-electron chi connectivity index (χ1n) is 5.86. The van der Waals surface area contributed by atoms with Crippen LogP contribution < -0.4 is 10.1 Å². The molecular weight excluding hydrogens is 186 g/mol. The van der Waals surface area contributed by atoms with Gasteiger partial charge >= 0.3 is 0 Å². The van der Waals surface area contributed by atoms with E-state index in [0.29, 0.717) is 0 Å². The van der Waals surface area contributed by atoms with E-state index in [9.17, 15) is 0 Å². The number of benzene rings is 1. The lowest BCUT2D eigenvalue weighted by Gasteiger charge is -2.41. The van der Waals surface area contributed by atoms with Gasteiger partial charge in [0.2, 0.25) is 0 Å². The van der Waals surface area contributed by atoms with Crippen LogP contribution >= 0.6 is 0 Å². The molecule has 0 aromatic heterocycles. The van der Waals surface area contributed by atoms with Crippen molar-refractivity contribution in [1.29, 1.82) is 0 Å². The molecular formula is C13H17NO. The zero-order valence-corrected chi connectivity index (χ0v) is 8.96. The maximum Gasteiger partial charge on any atom is 0.123 e. The minimum absolute atomic E-state index is 0.0899. The standard InChI is InChI=1S/C13H17NO/c1-2-5-12-11(4-1)6-8-13(15-12)7-3-9-14-10-13/h1-2,4-5,14H,3,6-10H2/t13-/m1/s1. The number of aryl methyl sites for hydroxylation is 1. The average molecular weight is 203 g/mol. The van der Waals surface area contributed by atoms with E-state index in [-0.39, 0.29) is 5.60 Å². The highest BCUT2D eigenvalue weighted by molar-refractivity contribution is 5.36. The summed E-state index contributed by atoms with van der Waals surface area (Å²) < 4.78 is 6.20. The van der Waals surface area contributed by atoms with Gasteiger partial charge in [-0.25, -0.2) is 0 Å². The molecule has 2 aliphatic heterocycles. The van der Waals surface area contributed by atoms with Crippen molar-refractivity contribution >= 4 is 0 Å². The van der Waals surface area contributed by atoms with E-state index in [4.69, 9.17) is 4.74 Å². The summed E-state index contributed by atoms with van der Waals surface area (Å²) in [6, 6.07) is 8.44. The second-order valence-electron chi connectivity index (χ2n) is 4.67. The fourth-order valence-electron chi connectivity index (χ4n) is 2.70. The molecule has 0 radical (unpaired) electrons. The molecule has 1 fully saturated rings. The average Bonchev–Trinajstić information content (AvgIpc) is 2.30. The summed E-state index contributed by atoms with van der Waals surface area (Å²) in [7, 11) is 0. The Kier molecular flexibility index (Phi) is 2.17. The van der Waals surface area contributed by atoms with Crippen LogP contribution in [0.5, 0.6) is 5.75 Å². The van der Waals surface area contributed by atoms with E-state index in [2.05, 4.69) is 29.6 Å². The van der Waals surface area contributed by atoms with Gasteiger partial charge in [-0.2, -0.15) is 0 Å². The third kappa shape index (κ3) is 1.63. The first kappa shape index (κ1) is 9.22. The molecule has 0 aliphatic carbocycles. The van der Waals surface area contributed by atoms with Gasteiger partial charge < -0.3 is 10.1 Å². The van der Waals surface area contributed by atoms with Gasteiger partial charge in [0.05, 0.1) is 0 Å². The molecule has 0 amide bonds. The van der Waals surface area contributed by atoms with Crippen LogP contribution in [0.4, 0.5) is 0 Å². The Labute approximate surface area is 90.6 Å². The molecule has 1 atom stereocenters. The molecule has 1 spiro atoms. The normalized spacial score (nSPS) is 29.6. The summed E-state index contributed by atoms with van der Waals surface area (Å²) in [4.78, 5) is 0. The molecule has 80 valence electrons. The van der Waals surface area contributed by atoms with E-state index in [1.54, 1.807) is 0 Å². The van der Waals surface area contributed by atoms with Crippen LogP contribution in [-0.4, -0.2) is 18.7 Å². The van der Waals surface area contributed by atoms with Crippen LogP contribution in [0.1, 0.15) is 24.8 Å². The monoisotopic (exact) mass is 203 g/mol. The third-order valence-electron chi connectivity index (χ3n) is 3.58. The van der Waals surface area contributed by atoms with Crippen LogP contribution in [0.25, 0.3) is 0 Å². The Morgan fingerprint density at radius 1 is 1.20 bits per heavy atom. The van der Waals surface area contributed by atoms with Crippen molar-refractivity contribution in [1.82, 2.24) is 5.32 Å².